The normalized spacial score (nSPS) is 10.7. The minimum absolute atomic E-state index is 0.162. The number of hydrogen-bond acceptors (Lipinski definition) is 6. The van der Waals surface area contributed by atoms with Gasteiger partial charge in [0.2, 0.25) is 5.36 Å². The molecule has 1 heterocycles. The molecule has 0 saturated carbocycles. The Kier molecular flexibility index (Phi) is 10.4. The van der Waals surface area contributed by atoms with Crippen molar-refractivity contribution in [3.8, 4) is 22.5 Å². The zero-order valence-corrected chi connectivity index (χ0v) is 23.6. The predicted molar refractivity (Wildman–Crippen MR) is 157 cm³/mol. The molecule has 1 aliphatic heterocycles. The zero-order valence-electron chi connectivity index (χ0n) is 23.6. The van der Waals surface area contributed by atoms with Crippen LogP contribution in [0.4, 0.5) is 5.69 Å². The molecule has 0 radical (unpaired) electrons. The SMILES string of the molecule is CC(=O)CCCCCCN.CN(C)c1ccc2c(-c3ccccc3C(=O)[O-])c3ccc(=[N+](C)C)cc-3oc2c1. The third-order valence-corrected chi connectivity index (χ3v) is 6.62. The molecule has 0 atom stereocenters. The molecule has 0 saturated heterocycles. The van der Waals surface area contributed by atoms with Gasteiger partial charge in [0.05, 0.1) is 12.0 Å². The highest BCUT2D eigenvalue weighted by atomic mass is 16.4. The molecule has 0 aromatic heterocycles. The number of fused-ring (bicyclic) bond motifs is 2. The first-order valence-corrected chi connectivity index (χ1v) is 13.3. The Balaban J connectivity index is 0.000000360. The van der Waals surface area contributed by atoms with E-state index in [-0.39, 0.29) is 5.56 Å². The van der Waals surface area contributed by atoms with Crippen molar-refractivity contribution in [3.05, 3.63) is 71.6 Å². The molecular weight excluding hydrogens is 490 g/mol. The minimum atomic E-state index is -1.20. The summed E-state index contributed by atoms with van der Waals surface area (Å²) in [4.78, 5) is 24.3. The van der Waals surface area contributed by atoms with Gasteiger partial charge in [0, 0.05) is 60.4 Å². The van der Waals surface area contributed by atoms with Gasteiger partial charge in [-0.05, 0) is 50.1 Å². The first kappa shape index (κ1) is 29.6. The molecule has 7 nitrogen and oxygen atoms in total. The zero-order chi connectivity index (χ0) is 28.5. The maximum absolute atomic E-state index is 11.8. The Morgan fingerprint density at radius 1 is 0.923 bits per heavy atom. The molecule has 0 fully saturated rings. The van der Waals surface area contributed by atoms with E-state index in [0.717, 1.165) is 59.8 Å². The van der Waals surface area contributed by atoms with Crippen molar-refractivity contribution in [1.82, 2.24) is 4.58 Å². The second-order valence-corrected chi connectivity index (χ2v) is 10.1. The van der Waals surface area contributed by atoms with Crippen LogP contribution in [0.3, 0.4) is 0 Å². The number of rotatable bonds is 9. The Bertz CT molecular complexity index is 1480. The number of carboxylic acid groups (broad SMARTS) is 1. The summed E-state index contributed by atoms with van der Waals surface area (Å²) in [6, 6.07) is 18.9. The largest absolute Gasteiger partial charge is 0.545 e. The highest BCUT2D eigenvalue weighted by molar-refractivity contribution is 6.07. The van der Waals surface area contributed by atoms with Crippen LogP contribution in [-0.4, -0.2) is 46.5 Å². The van der Waals surface area contributed by atoms with E-state index in [0.29, 0.717) is 22.7 Å². The van der Waals surface area contributed by atoms with E-state index in [1.54, 1.807) is 19.1 Å². The maximum Gasteiger partial charge on any atom is 0.203 e. The summed E-state index contributed by atoms with van der Waals surface area (Å²) in [6.45, 7) is 2.42. The maximum atomic E-state index is 11.8. The molecule has 7 heteroatoms. The fourth-order valence-corrected chi connectivity index (χ4v) is 4.47. The number of carbonyl (C=O) groups excluding carboxylic acids is 2. The standard InChI is InChI=1S/C24H22N2O3.C8H17NO/c1-25(2)15-9-11-19-21(13-15)29-22-14-16(26(3)4)10-12-20(22)23(19)17-7-5-6-8-18(17)24(27)28;1-8(10)6-4-2-3-5-7-9/h5-14H,1-4H3;2-7,9H2,1H3. The Morgan fingerprint density at radius 3 is 2.28 bits per heavy atom. The number of Topliss-reactive ketones (excluding diaryl/α,β-unsaturated/α-hetero) is 1. The van der Waals surface area contributed by atoms with Crippen LogP contribution >= 0.6 is 0 Å². The number of ketones is 1. The molecule has 4 rings (SSSR count). The molecule has 2 N–H and O–H groups in total. The van der Waals surface area contributed by atoms with Gasteiger partial charge < -0.3 is 29.7 Å². The summed E-state index contributed by atoms with van der Waals surface area (Å²) in [5, 5.41) is 13.7. The number of benzene rings is 3. The number of aromatic carboxylic acids is 1. The number of carboxylic acids is 1. The third-order valence-electron chi connectivity index (χ3n) is 6.62. The lowest BCUT2D eigenvalue weighted by Gasteiger charge is -2.19. The number of carbonyl (C=O) groups is 2. The summed E-state index contributed by atoms with van der Waals surface area (Å²) >= 11 is 0. The highest BCUT2D eigenvalue weighted by Gasteiger charge is 2.20. The lowest BCUT2D eigenvalue weighted by Crippen LogP contribution is -2.23. The van der Waals surface area contributed by atoms with Crippen LogP contribution in [0.5, 0.6) is 0 Å². The predicted octanol–water partition coefficient (Wildman–Crippen LogP) is 4.15. The fourth-order valence-electron chi connectivity index (χ4n) is 4.47. The monoisotopic (exact) mass is 529 g/mol. The van der Waals surface area contributed by atoms with Crippen molar-refractivity contribution in [2.45, 2.75) is 39.0 Å². The van der Waals surface area contributed by atoms with Crippen LogP contribution < -0.4 is 25.7 Å². The average Bonchev–Trinajstić information content (AvgIpc) is 2.91. The topological polar surface area (TPSA) is 103 Å². The Hall–Kier alpha value is -3.97. The molecule has 0 spiro atoms. The minimum Gasteiger partial charge on any atom is -0.545 e. The van der Waals surface area contributed by atoms with Crippen molar-refractivity contribution in [3.63, 3.8) is 0 Å². The lowest BCUT2D eigenvalue weighted by atomic mass is 9.90. The summed E-state index contributed by atoms with van der Waals surface area (Å²) in [7, 11) is 7.88. The van der Waals surface area contributed by atoms with Gasteiger partial charge in [-0.1, -0.05) is 37.1 Å². The summed E-state index contributed by atoms with van der Waals surface area (Å²) in [5.41, 5.74) is 9.47. The van der Waals surface area contributed by atoms with Crippen molar-refractivity contribution in [1.29, 1.82) is 0 Å². The molecule has 2 aliphatic rings. The van der Waals surface area contributed by atoms with Crippen LogP contribution in [0.1, 0.15) is 49.4 Å². The van der Waals surface area contributed by atoms with Crippen LogP contribution in [0, 0.1) is 0 Å². The van der Waals surface area contributed by atoms with E-state index in [9.17, 15) is 14.7 Å². The van der Waals surface area contributed by atoms with Crippen LogP contribution in [-0.2, 0) is 4.79 Å². The summed E-state index contributed by atoms with van der Waals surface area (Å²) < 4.78 is 8.28. The quantitative estimate of drug-likeness (QED) is 0.199. The van der Waals surface area contributed by atoms with Crippen molar-refractivity contribution >= 4 is 28.4 Å². The van der Waals surface area contributed by atoms with E-state index in [1.807, 2.05) is 86.2 Å². The summed E-state index contributed by atoms with van der Waals surface area (Å²) in [6.07, 6.45) is 5.19. The Morgan fingerprint density at radius 2 is 1.64 bits per heavy atom. The molecule has 0 amide bonds. The van der Waals surface area contributed by atoms with Crippen molar-refractivity contribution in [2.75, 3.05) is 39.6 Å². The fraction of sp³-hybridized carbons (Fsp3) is 0.344. The average molecular weight is 530 g/mol. The van der Waals surface area contributed by atoms with Crippen LogP contribution in [0.2, 0.25) is 0 Å². The van der Waals surface area contributed by atoms with Crippen molar-refractivity contribution in [2.24, 2.45) is 5.73 Å². The van der Waals surface area contributed by atoms with Crippen molar-refractivity contribution < 1.29 is 19.1 Å². The van der Waals surface area contributed by atoms with E-state index < -0.39 is 5.97 Å². The molecular formula is C32H39N3O4. The molecule has 0 unspecified atom stereocenters. The first-order valence-electron chi connectivity index (χ1n) is 13.3. The lowest BCUT2D eigenvalue weighted by molar-refractivity contribution is -0.254. The van der Waals surface area contributed by atoms with Gasteiger partial charge in [-0.15, -0.1) is 0 Å². The van der Waals surface area contributed by atoms with Gasteiger partial charge in [-0.2, -0.15) is 0 Å². The number of unbranched alkanes of at least 4 members (excludes halogenated alkanes) is 3. The van der Waals surface area contributed by atoms with E-state index in [4.69, 9.17) is 10.2 Å². The number of nitrogens with zero attached hydrogens (tertiary/aromatic N) is 2. The molecule has 2 aromatic carbocycles. The van der Waals surface area contributed by atoms with Gasteiger partial charge in [-0.3, -0.25) is 0 Å². The second kappa shape index (κ2) is 13.7. The van der Waals surface area contributed by atoms with E-state index >= 15 is 0 Å². The van der Waals surface area contributed by atoms with Gasteiger partial charge in [0.15, 0.2) is 0 Å². The highest BCUT2D eigenvalue weighted by Crippen LogP contribution is 2.41. The number of hydrogen-bond donors (Lipinski definition) is 1. The van der Waals surface area contributed by atoms with Gasteiger partial charge in [0.25, 0.3) is 0 Å². The van der Waals surface area contributed by atoms with Crippen LogP contribution in [0.15, 0.2) is 65.1 Å². The van der Waals surface area contributed by atoms with Crippen LogP contribution in [0.25, 0.3) is 33.4 Å². The van der Waals surface area contributed by atoms with E-state index in [1.165, 1.54) is 6.42 Å². The molecule has 39 heavy (non-hydrogen) atoms. The third kappa shape index (κ3) is 7.54. The molecule has 2 aromatic rings. The van der Waals surface area contributed by atoms with Gasteiger partial charge in [0.1, 0.15) is 31.2 Å². The van der Waals surface area contributed by atoms with Gasteiger partial charge in [-0.25, -0.2) is 4.58 Å². The smallest absolute Gasteiger partial charge is 0.203 e. The second-order valence-electron chi connectivity index (χ2n) is 10.1. The Labute approximate surface area is 230 Å². The molecule has 1 aliphatic carbocycles. The van der Waals surface area contributed by atoms with Gasteiger partial charge >= 0.3 is 0 Å². The number of nitrogens with two attached hydrogens (primary N) is 1. The summed E-state index contributed by atoms with van der Waals surface area (Å²) in [5.74, 6) is -0.201. The first-order chi connectivity index (χ1) is 18.6. The molecule has 206 valence electrons. The number of anilines is 1. The molecule has 0 bridgehead atoms. The van der Waals surface area contributed by atoms with E-state index in [2.05, 4.69) is 0 Å².